The molecule has 0 saturated heterocycles. The van der Waals surface area contributed by atoms with Gasteiger partial charge in [0.2, 0.25) is 0 Å². The molecule has 2 N–H and O–H groups in total. The molecule has 0 bridgehead atoms. The Morgan fingerprint density at radius 2 is 2.18 bits per heavy atom. The van der Waals surface area contributed by atoms with Gasteiger partial charge in [-0.2, -0.15) is 0 Å². The van der Waals surface area contributed by atoms with Crippen LogP contribution in [-0.2, 0) is 0 Å². The lowest BCUT2D eigenvalue weighted by Gasteiger charge is -2.15. The third-order valence-electron chi connectivity index (χ3n) is 3.67. The van der Waals surface area contributed by atoms with Crippen LogP contribution in [0.15, 0.2) is 11.6 Å². The van der Waals surface area contributed by atoms with Crippen LogP contribution >= 0.6 is 0 Å². The first kappa shape index (κ1) is 7.35. The molecule has 0 aromatic carbocycles. The minimum Gasteiger partial charge on any atom is -0.324 e. The van der Waals surface area contributed by atoms with Gasteiger partial charge in [-0.1, -0.05) is 25.5 Å². The van der Waals surface area contributed by atoms with Crippen molar-refractivity contribution < 1.29 is 0 Å². The largest absolute Gasteiger partial charge is 0.324 e. The van der Waals surface area contributed by atoms with E-state index in [0.29, 0.717) is 11.5 Å². The third-order valence-corrected chi connectivity index (χ3v) is 3.67. The number of hydrogen-bond donors (Lipinski definition) is 1. The van der Waals surface area contributed by atoms with E-state index in [9.17, 15) is 0 Å². The van der Waals surface area contributed by atoms with Crippen LogP contribution in [-0.4, -0.2) is 6.04 Å². The van der Waals surface area contributed by atoms with Crippen molar-refractivity contribution in [2.75, 3.05) is 0 Å². The van der Waals surface area contributed by atoms with E-state index in [2.05, 4.69) is 26.8 Å². The molecular formula is C10H17N. The molecule has 2 aliphatic rings. The zero-order valence-corrected chi connectivity index (χ0v) is 7.59. The van der Waals surface area contributed by atoms with Crippen LogP contribution in [0, 0.1) is 17.3 Å². The molecule has 1 heteroatoms. The van der Waals surface area contributed by atoms with E-state index in [4.69, 9.17) is 5.73 Å². The Balaban J connectivity index is 2.22. The lowest BCUT2D eigenvalue weighted by atomic mass is 9.96. The average Bonchev–Trinajstić information content (AvgIpc) is 2.39. The number of fused-ring (bicyclic) bond motifs is 1. The van der Waals surface area contributed by atoms with Crippen molar-refractivity contribution in [3.05, 3.63) is 11.6 Å². The molecule has 0 aromatic rings. The summed E-state index contributed by atoms with van der Waals surface area (Å²) >= 11 is 0. The Morgan fingerprint density at radius 3 is 2.73 bits per heavy atom. The zero-order chi connectivity index (χ0) is 8.22. The minimum absolute atomic E-state index is 0.345. The molecule has 62 valence electrons. The fourth-order valence-corrected chi connectivity index (χ4v) is 2.43. The van der Waals surface area contributed by atoms with Crippen molar-refractivity contribution in [2.45, 2.75) is 33.2 Å². The summed E-state index contributed by atoms with van der Waals surface area (Å²) < 4.78 is 0. The molecule has 0 aromatic heterocycles. The van der Waals surface area contributed by atoms with Gasteiger partial charge in [0.05, 0.1) is 0 Å². The molecule has 2 rings (SSSR count). The molecule has 1 fully saturated rings. The van der Waals surface area contributed by atoms with E-state index in [0.717, 1.165) is 11.8 Å². The molecule has 2 aliphatic carbocycles. The van der Waals surface area contributed by atoms with Crippen LogP contribution in [0.1, 0.15) is 27.2 Å². The Hall–Kier alpha value is -0.300. The van der Waals surface area contributed by atoms with E-state index in [1.807, 2.05) is 0 Å². The molecule has 0 heterocycles. The van der Waals surface area contributed by atoms with Gasteiger partial charge in [0, 0.05) is 6.04 Å². The maximum atomic E-state index is 5.95. The molecule has 0 amide bonds. The molecule has 0 unspecified atom stereocenters. The predicted octanol–water partition coefficient (Wildman–Crippen LogP) is 1.94. The second kappa shape index (κ2) is 1.89. The van der Waals surface area contributed by atoms with Gasteiger partial charge in [-0.05, 0) is 30.6 Å². The van der Waals surface area contributed by atoms with E-state index in [-0.39, 0.29) is 0 Å². The standard InChI is InChI=1S/C10H17N/c1-6-4-7-8(5-9(6)11)10(7,2)3/h4,7-9H,5,11H2,1-3H3/t7-,8+,9-/m0/s1. The van der Waals surface area contributed by atoms with Crippen LogP contribution in [0.2, 0.25) is 0 Å². The summed E-state index contributed by atoms with van der Waals surface area (Å²) in [4.78, 5) is 0. The van der Waals surface area contributed by atoms with Crippen molar-refractivity contribution in [3.63, 3.8) is 0 Å². The highest BCUT2D eigenvalue weighted by Gasteiger charge is 2.57. The molecule has 1 saturated carbocycles. The Morgan fingerprint density at radius 1 is 1.55 bits per heavy atom. The number of rotatable bonds is 0. The quantitative estimate of drug-likeness (QED) is 0.526. The van der Waals surface area contributed by atoms with Crippen molar-refractivity contribution >= 4 is 0 Å². The Kier molecular flexibility index (Phi) is 1.26. The fraction of sp³-hybridized carbons (Fsp3) is 0.800. The van der Waals surface area contributed by atoms with Crippen LogP contribution in [0.5, 0.6) is 0 Å². The van der Waals surface area contributed by atoms with Crippen molar-refractivity contribution in [2.24, 2.45) is 23.0 Å². The average molecular weight is 151 g/mol. The first-order valence-electron chi connectivity index (χ1n) is 4.47. The lowest BCUT2D eigenvalue weighted by Crippen LogP contribution is -2.24. The van der Waals surface area contributed by atoms with E-state index in [1.165, 1.54) is 12.0 Å². The number of hydrogen-bond acceptors (Lipinski definition) is 1. The van der Waals surface area contributed by atoms with Crippen LogP contribution < -0.4 is 5.73 Å². The summed E-state index contributed by atoms with van der Waals surface area (Å²) in [5.74, 6) is 1.71. The molecule has 0 spiro atoms. The van der Waals surface area contributed by atoms with Gasteiger partial charge in [0.25, 0.3) is 0 Å². The molecular weight excluding hydrogens is 134 g/mol. The summed E-state index contributed by atoms with van der Waals surface area (Å²) in [5, 5.41) is 0. The highest BCUT2D eigenvalue weighted by atomic mass is 14.7. The van der Waals surface area contributed by atoms with Gasteiger partial charge in [0.15, 0.2) is 0 Å². The second-order valence-corrected chi connectivity index (χ2v) is 4.71. The summed E-state index contributed by atoms with van der Waals surface area (Å²) in [6.45, 7) is 6.86. The van der Waals surface area contributed by atoms with Gasteiger partial charge < -0.3 is 5.73 Å². The van der Waals surface area contributed by atoms with Gasteiger partial charge in [0.1, 0.15) is 0 Å². The molecule has 11 heavy (non-hydrogen) atoms. The second-order valence-electron chi connectivity index (χ2n) is 4.71. The normalized spacial score (nSPS) is 46.2. The Labute approximate surface area is 68.7 Å². The van der Waals surface area contributed by atoms with Gasteiger partial charge in [-0.3, -0.25) is 0 Å². The lowest BCUT2D eigenvalue weighted by molar-refractivity contribution is 0.507. The third kappa shape index (κ3) is 0.871. The van der Waals surface area contributed by atoms with Crippen molar-refractivity contribution in [3.8, 4) is 0 Å². The number of nitrogens with two attached hydrogens (primary N) is 1. The summed E-state index contributed by atoms with van der Waals surface area (Å²) in [5.41, 5.74) is 7.90. The smallest absolute Gasteiger partial charge is 0.0254 e. The Bertz CT molecular complexity index is 215. The highest BCUT2D eigenvalue weighted by Crippen LogP contribution is 2.63. The van der Waals surface area contributed by atoms with E-state index >= 15 is 0 Å². The zero-order valence-electron chi connectivity index (χ0n) is 7.59. The SMILES string of the molecule is CC1=C[C@H]2[C@@H](C[C@@H]1N)C2(C)C. The predicted molar refractivity (Wildman–Crippen MR) is 47.1 cm³/mol. The van der Waals surface area contributed by atoms with Gasteiger partial charge in [-0.15, -0.1) is 0 Å². The molecule has 0 aliphatic heterocycles. The van der Waals surface area contributed by atoms with Crippen LogP contribution in [0.3, 0.4) is 0 Å². The van der Waals surface area contributed by atoms with Crippen LogP contribution in [0.4, 0.5) is 0 Å². The van der Waals surface area contributed by atoms with Gasteiger partial charge in [-0.25, -0.2) is 0 Å². The first-order chi connectivity index (χ1) is 5.03. The molecule has 3 atom stereocenters. The van der Waals surface area contributed by atoms with Crippen molar-refractivity contribution in [1.82, 2.24) is 0 Å². The highest BCUT2D eigenvalue weighted by molar-refractivity contribution is 5.26. The monoisotopic (exact) mass is 151 g/mol. The maximum absolute atomic E-state index is 5.95. The topological polar surface area (TPSA) is 26.0 Å². The first-order valence-corrected chi connectivity index (χ1v) is 4.47. The van der Waals surface area contributed by atoms with Crippen LogP contribution in [0.25, 0.3) is 0 Å². The molecule has 0 radical (unpaired) electrons. The summed E-state index contributed by atoms with van der Waals surface area (Å²) in [6.07, 6.45) is 3.60. The minimum atomic E-state index is 0.345. The summed E-state index contributed by atoms with van der Waals surface area (Å²) in [6, 6.07) is 0.345. The fourth-order valence-electron chi connectivity index (χ4n) is 2.43. The van der Waals surface area contributed by atoms with E-state index in [1.54, 1.807) is 0 Å². The summed E-state index contributed by atoms with van der Waals surface area (Å²) in [7, 11) is 0. The number of allylic oxidation sites excluding steroid dienone is 1. The van der Waals surface area contributed by atoms with Crippen molar-refractivity contribution in [1.29, 1.82) is 0 Å². The molecule has 1 nitrogen and oxygen atoms in total. The maximum Gasteiger partial charge on any atom is 0.0254 e. The van der Waals surface area contributed by atoms with E-state index < -0.39 is 0 Å². The van der Waals surface area contributed by atoms with Gasteiger partial charge >= 0.3 is 0 Å².